The molecule has 2 fully saturated rings. The molecule has 2 aliphatic rings. The lowest BCUT2D eigenvalue weighted by molar-refractivity contribution is 0.0378. The summed E-state index contributed by atoms with van der Waals surface area (Å²) in [4.78, 5) is 32.0. The first-order chi connectivity index (χ1) is 34.6. The van der Waals surface area contributed by atoms with Crippen LogP contribution in [0.25, 0.3) is 27.9 Å². The number of fused-ring (bicyclic) bond motifs is 2. The van der Waals surface area contributed by atoms with Gasteiger partial charge in [0.25, 0.3) is 0 Å². The van der Waals surface area contributed by atoms with Crippen LogP contribution in [0.1, 0.15) is 54.9 Å². The van der Waals surface area contributed by atoms with Crippen molar-refractivity contribution in [2.75, 3.05) is 94.0 Å². The molecule has 1 saturated heterocycles. The number of benzene rings is 2. The number of aromatic nitrogens is 10. The highest BCUT2D eigenvalue weighted by Gasteiger charge is 2.26. The Bertz CT molecular complexity index is 3140. The highest BCUT2D eigenvalue weighted by molar-refractivity contribution is 6.37. The SMILES string of the molecule is C/C=C/c1cc(Nc2cc(N(C)CCN(C)CCc3cc4c(F)c(Oc5nc(NCCCN6CCOCC6)cc(Nc6cc(C7CC7)[nH]n6)n5)ccc4[nH]3)nc(Oc3ccc4[nH]c(C)cc4c3Cl)n2)n[nH]1. The number of morpholine rings is 1. The van der Waals surface area contributed by atoms with Crippen molar-refractivity contribution in [2.45, 2.75) is 45.4 Å². The zero-order valence-corrected chi connectivity index (χ0v) is 41.0. The first-order valence-corrected chi connectivity index (χ1v) is 24.4. The van der Waals surface area contributed by atoms with Crippen molar-refractivity contribution in [1.29, 1.82) is 0 Å². The van der Waals surface area contributed by atoms with Gasteiger partial charge in [0.1, 0.15) is 29.0 Å². The van der Waals surface area contributed by atoms with Crippen molar-refractivity contribution in [3.05, 3.63) is 100 Å². The molecule has 0 spiro atoms. The third-order valence-electron chi connectivity index (χ3n) is 12.5. The van der Waals surface area contributed by atoms with E-state index < -0.39 is 5.82 Å². The van der Waals surface area contributed by atoms with E-state index in [1.54, 1.807) is 12.1 Å². The van der Waals surface area contributed by atoms with E-state index in [0.29, 0.717) is 95.1 Å². The maximum absolute atomic E-state index is 16.3. The number of nitrogens with zero attached hydrogens (tertiary/aromatic N) is 9. The van der Waals surface area contributed by atoms with Crippen molar-refractivity contribution in [1.82, 2.24) is 60.1 Å². The Balaban J connectivity index is 0.784. The highest BCUT2D eigenvalue weighted by atomic mass is 35.5. The van der Waals surface area contributed by atoms with Crippen LogP contribution in [0.2, 0.25) is 5.02 Å². The number of nitrogens with one attached hydrogen (secondary N) is 7. The van der Waals surface area contributed by atoms with E-state index >= 15 is 4.39 Å². The molecule has 2 aromatic carbocycles. The molecular weight excluding hydrogens is 927 g/mol. The number of hydrogen-bond acceptors (Lipinski definition) is 15. The van der Waals surface area contributed by atoms with Crippen LogP contribution < -0.4 is 30.3 Å². The summed E-state index contributed by atoms with van der Waals surface area (Å²) in [6.45, 7) is 11.0. The van der Waals surface area contributed by atoms with Crippen LogP contribution in [0.3, 0.4) is 0 Å². The minimum Gasteiger partial charge on any atom is -0.423 e. The quantitative estimate of drug-likeness (QED) is 0.0315. The summed E-state index contributed by atoms with van der Waals surface area (Å²) < 4.78 is 34.1. The van der Waals surface area contributed by atoms with E-state index in [0.717, 1.165) is 85.8 Å². The average Bonchev–Trinajstić information content (AvgIpc) is 3.63. The lowest BCUT2D eigenvalue weighted by Crippen LogP contribution is -2.37. The third kappa shape index (κ3) is 11.9. The minimum atomic E-state index is -0.502. The maximum Gasteiger partial charge on any atom is 0.326 e. The molecule has 7 N–H and O–H groups in total. The molecule has 0 radical (unpaired) electrons. The molecular formula is C50H58ClFN16O3. The summed E-state index contributed by atoms with van der Waals surface area (Å²) in [6, 6.07) is 18.6. The normalized spacial score (nSPS) is 14.3. The molecule has 0 bridgehead atoms. The van der Waals surface area contributed by atoms with Crippen molar-refractivity contribution in [2.24, 2.45) is 0 Å². The Hall–Kier alpha value is -7.26. The van der Waals surface area contributed by atoms with Gasteiger partial charge in [-0.3, -0.25) is 15.1 Å². The molecule has 0 atom stereocenters. The van der Waals surface area contributed by atoms with Gasteiger partial charge >= 0.3 is 12.0 Å². The Morgan fingerprint density at radius 3 is 2.32 bits per heavy atom. The number of anilines is 6. The van der Waals surface area contributed by atoms with E-state index in [1.807, 2.05) is 86.5 Å². The van der Waals surface area contributed by atoms with Crippen LogP contribution in [0.15, 0.2) is 66.7 Å². The zero-order valence-electron chi connectivity index (χ0n) is 40.2. The number of allylic oxidation sites excluding steroid dienone is 1. The second-order valence-electron chi connectivity index (χ2n) is 18.1. The number of hydrogen-bond donors (Lipinski definition) is 7. The summed E-state index contributed by atoms with van der Waals surface area (Å²) in [5.41, 5.74) is 5.40. The zero-order chi connectivity index (χ0) is 48.8. The molecule has 19 nitrogen and oxygen atoms in total. The molecule has 6 aromatic heterocycles. The molecule has 7 heterocycles. The number of ether oxygens (including phenoxy) is 3. The van der Waals surface area contributed by atoms with E-state index in [1.165, 1.54) is 0 Å². The number of aryl methyl sites for hydroxylation is 1. The molecule has 1 aliphatic heterocycles. The standard InChI is InChI=1S/C50H58ClFN16O3/c1-5-7-33-26-44(64-62-33)57-43-29-46(61-50(60-43)70-39-12-10-36-34(47(39)51)24-30(2)54-36)67(4)19-18-66(3)17-14-32-25-35-37(55-32)11-13-40(48(35)52)71-49-58-41(53-15-6-16-68-20-22-69-23-21-68)28-42(59-49)56-45-27-38(63-65-45)31-8-9-31/h5,7,10-13,24-29,31,54-55H,6,8-9,14-23H2,1-4H3,(H2,57,60,61,62,64)(H3,53,56,58,59,63,65)/b7-5+. The number of H-pyrrole nitrogens is 4. The lowest BCUT2D eigenvalue weighted by atomic mass is 10.2. The van der Waals surface area contributed by atoms with E-state index in [-0.39, 0.29) is 17.8 Å². The molecule has 1 aliphatic carbocycles. The summed E-state index contributed by atoms with van der Waals surface area (Å²) in [5, 5.41) is 26.6. The first-order valence-electron chi connectivity index (χ1n) is 24.0. The second-order valence-corrected chi connectivity index (χ2v) is 18.5. The van der Waals surface area contributed by atoms with Crippen molar-refractivity contribution < 1.29 is 18.6 Å². The van der Waals surface area contributed by atoms with Gasteiger partial charge in [-0.1, -0.05) is 17.7 Å². The lowest BCUT2D eigenvalue weighted by Gasteiger charge is -2.26. The minimum absolute atomic E-state index is 0.00714. The van der Waals surface area contributed by atoms with Crippen molar-refractivity contribution in [3.63, 3.8) is 0 Å². The average molecular weight is 986 g/mol. The molecule has 1 saturated carbocycles. The van der Waals surface area contributed by atoms with E-state index in [9.17, 15) is 0 Å². The Labute approximate surface area is 415 Å². The number of rotatable bonds is 22. The molecule has 10 rings (SSSR count). The van der Waals surface area contributed by atoms with Crippen LogP contribution in [0.5, 0.6) is 23.5 Å². The summed E-state index contributed by atoms with van der Waals surface area (Å²) >= 11 is 6.81. The number of likely N-dealkylation sites (N-methyl/N-ethyl adjacent to an activating group) is 2. The van der Waals surface area contributed by atoms with Gasteiger partial charge in [-0.15, -0.1) is 0 Å². The summed E-state index contributed by atoms with van der Waals surface area (Å²) in [6.07, 6.45) is 7.73. The Kier molecular flexibility index (Phi) is 14.3. The molecule has 0 unspecified atom stereocenters. The summed E-state index contributed by atoms with van der Waals surface area (Å²) in [7, 11) is 4.02. The van der Waals surface area contributed by atoms with Crippen molar-refractivity contribution in [3.8, 4) is 23.5 Å². The van der Waals surface area contributed by atoms with Crippen molar-refractivity contribution >= 4 is 74.4 Å². The van der Waals surface area contributed by atoms with Crippen LogP contribution in [-0.4, -0.2) is 133 Å². The van der Waals surface area contributed by atoms with Gasteiger partial charge in [-0.05, 0) is 89.2 Å². The predicted octanol–water partition coefficient (Wildman–Crippen LogP) is 9.50. The summed E-state index contributed by atoms with van der Waals surface area (Å²) in [5.74, 6) is 3.87. The van der Waals surface area contributed by atoms with E-state index in [4.69, 9.17) is 30.8 Å². The monoisotopic (exact) mass is 984 g/mol. The van der Waals surface area contributed by atoms with Crippen LogP contribution in [0, 0.1) is 12.7 Å². The highest BCUT2D eigenvalue weighted by Crippen LogP contribution is 2.40. The fourth-order valence-electron chi connectivity index (χ4n) is 8.46. The fraction of sp³-hybridized carbons (Fsp3) is 0.360. The number of aromatic amines is 4. The molecule has 21 heteroatoms. The van der Waals surface area contributed by atoms with Gasteiger partial charge in [0.05, 0.1) is 23.9 Å². The second kappa shape index (κ2) is 21.4. The Morgan fingerprint density at radius 2 is 1.52 bits per heavy atom. The molecule has 370 valence electrons. The maximum atomic E-state index is 16.3. The largest absolute Gasteiger partial charge is 0.423 e. The van der Waals surface area contributed by atoms with Gasteiger partial charge < -0.3 is 49.9 Å². The van der Waals surface area contributed by atoms with Gasteiger partial charge in [0, 0.05) is 122 Å². The molecule has 0 amide bonds. The van der Waals surface area contributed by atoms with Gasteiger partial charge in [-0.25, -0.2) is 4.39 Å². The molecule has 71 heavy (non-hydrogen) atoms. The smallest absolute Gasteiger partial charge is 0.326 e. The number of halogens is 2. The molecule has 8 aromatic rings. The Morgan fingerprint density at radius 1 is 0.803 bits per heavy atom. The fourth-order valence-corrected chi connectivity index (χ4v) is 8.72. The predicted molar refractivity (Wildman–Crippen MR) is 276 cm³/mol. The topological polar surface area (TPSA) is 214 Å². The van der Waals surface area contributed by atoms with Crippen LogP contribution in [0.4, 0.5) is 39.3 Å². The van der Waals surface area contributed by atoms with Gasteiger partial charge in [0.15, 0.2) is 23.2 Å². The first kappa shape index (κ1) is 47.4. The van der Waals surface area contributed by atoms with Crippen LogP contribution >= 0.6 is 11.6 Å². The van der Waals surface area contributed by atoms with Gasteiger partial charge in [-0.2, -0.15) is 30.1 Å². The van der Waals surface area contributed by atoms with Crippen LogP contribution in [-0.2, 0) is 11.2 Å². The van der Waals surface area contributed by atoms with Gasteiger partial charge in [0.2, 0.25) is 0 Å². The third-order valence-corrected chi connectivity index (χ3v) is 12.9. The van der Waals surface area contributed by atoms with E-state index in [2.05, 4.69) is 78.1 Å².